The summed E-state index contributed by atoms with van der Waals surface area (Å²) in [5.41, 5.74) is 4.89. The van der Waals surface area contributed by atoms with Gasteiger partial charge in [0, 0.05) is 36.8 Å². The molecule has 2 aliphatic carbocycles. The minimum atomic E-state index is -0.130. The quantitative estimate of drug-likeness (QED) is 0.690. The molecule has 1 aromatic heterocycles. The van der Waals surface area contributed by atoms with Crippen LogP contribution >= 0.6 is 0 Å². The molecule has 6 rings (SSSR count). The van der Waals surface area contributed by atoms with Crippen LogP contribution in [0.25, 0.3) is 11.0 Å². The number of aliphatic imine (C=N–C) groups is 2. The maximum Gasteiger partial charge on any atom is 0.308 e. The number of nitrogens with zero attached hydrogens (tertiary/aromatic N) is 6. The van der Waals surface area contributed by atoms with Crippen LogP contribution < -0.4 is 4.90 Å². The normalized spacial score (nSPS) is 28.6. The monoisotopic (exact) mass is 432 g/mol. The van der Waals surface area contributed by atoms with E-state index >= 15 is 0 Å². The fourth-order valence-electron chi connectivity index (χ4n) is 5.27. The fourth-order valence-corrected chi connectivity index (χ4v) is 5.27. The van der Waals surface area contributed by atoms with Gasteiger partial charge in [0.15, 0.2) is 0 Å². The highest BCUT2D eigenvalue weighted by molar-refractivity contribution is 6.38. The standard InChI is InChI=1S/C24H28N6O2/c1-29-7-8-30(14-24(29)5-6-24)17-3-4-18-19(11-17)27-20(12-25-18)21-13-26-22(28-21)15-9-16(10-15)23(31)32-2/h3-4,11-13,15-16,22H,5-10,14H2,1-2H3. The van der Waals surface area contributed by atoms with E-state index in [-0.39, 0.29) is 18.1 Å². The molecule has 166 valence electrons. The first-order valence-electron chi connectivity index (χ1n) is 11.5. The van der Waals surface area contributed by atoms with E-state index in [1.807, 2.05) is 0 Å². The first-order chi connectivity index (χ1) is 15.5. The van der Waals surface area contributed by atoms with Crippen molar-refractivity contribution in [2.45, 2.75) is 37.4 Å². The number of methoxy groups -OCH3 is 1. The highest BCUT2D eigenvalue weighted by Crippen LogP contribution is 2.44. The van der Waals surface area contributed by atoms with Crippen LogP contribution in [0.4, 0.5) is 5.69 Å². The second-order valence-electron chi connectivity index (χ2n) is 9.65. The number of esters is 1. The van der Waals surface area contributed by atoms with E-state index in [2.05, 4.69) is 45.0 Å². The van der Waals surface area contributed by atoms with Crippen LogP contribution in [0.2, 0.25) is 0 Å². The Balaban J connectivity index is 1.20. The van der Waals surface area contributed by atoms with Gasteiger partial charge in [0.05, 0.1) is 36.5 Å². The van der Waals surface area contributed by atoms with Gasteiger partial charge in [-0.1, -0.05) is 0 Å². The van der Waals surface area contributed by atoms with Crippen LogP contribution in [0.3, 0.4) is 0 Å². The zero-order valence-corrected chi connectivity index (χ0v) is 18.6. The first kappa shape index (κ1) is 19.8. The maximum atomic E-state index is 11.6. The number of piperazine rings is 1. The van der Waals surface area contributed by atoms with Crippen molar-refractivity contribution in [1.82, 2.24) is 14.9 Å². The number of hydrogen-bond acceptors (Lipinski definition) is 8. The molecule has 32 heavy (non-hydrogen) atoms. The molecule has 0 radical (unpaired) electrons. The van der Waals surface area contributed by atoms with Gasteiger partial charge in [-0.3, -0.25) is 24.7 Å². The van der Waals surface area contributed by atoms with Crippen molar-refractivity contribution in [3.63, 3.8) is 0 Å². The lowest BCUT2D eigenvalue weighted by Crippen LogP contribution is -2.53. The van der Waals surface area contributed by atoms with Crippen LogP contribution in [-0.4, -0.2) is 78.3 Å². The van der Waals surface area contributed by atoms with Gasteiger partial charge in [0.2, 0.25) is 0 Å². The maximum absolute atomic E-state index is 11.6. The summed E-state index contributed by atoms with van der Waals surface area (Å²) in [7, 11) is 3.69. The lowest BCUT2D eigenvalue weighted by molar-refractivity contribution is -0.150. The summed E-state index contributed by atoms with van der Waals surface area (Å²) in [6, 6.07) is 6.38. The molecule has 1 spiro atoms. The SMILES string of the molecule is COC(=O)C1CC(C2N=CC(c3cnc4ccc(N5CCN(C)C6(CC6)C5)cc4n3)=N2)C1. The summed E-state index contributed by atoms with van der Waals surface area (Å²) >= 11 is 0. The molecule has 3 heterocycles. The zero-order chi connectivity index (χ0) is 21.9. The summed E-state index contributed by atoms with van der Waals surface area (Å²) in [4.78, 5) is 35.5. The molecule has 1 atom stereocenters. The summed E-state index contributed by atoms with van der Waals surface area (Å²) in [6.45, 7) is 3.21. The largest absolute Gasteiger partial charge is 0.469 e. The number of aromatic nitrogens is 2. The number of likely N-dealkylation sites (N-methyl/N-ethyl adjacent to an activating group) is 1. The van der Waals surface area contributed by atoms with Crippen LogP contribution in [0.1, 0.15) is 31.4 Å². The topological polar surface area (TPSA) is 83.3 Å². The number of hydrogen-bond donors (Lipinski definition) is 0. The van der Waals surface area contributed by atoms with E-state index < -0.39 is 0 Å². The molecular weight excluding hydrogens is 404 g/mol. The minimum Gasteiger partial charge on any atom is -0.469 e. The first-order valence-corrected chi connectivity index (χ1v) is 11.5. The lowest BCUT2D eigenvalue weighted by atomic mass is 9.73. The number of benzene rings is 1. The predicted octanol–water partition coefficient (Wildman–Crippen LogP) is 2.31. The number of rotatable bonds is 4. The molecule has 4 aliphatic rings. The zero-order valence-electron chi connectivity index (χ0n) is 18.6. The summed E-state index contributed by atoms with van der Waals surface area (Å²) in [5, 5.41) is 0. The minimum absolute atomic E-state index is 0.0114. The summed E-state index contributed by atoms with van der Waals surface area (Å²) in [5.74, 6) is 0.152. The summed E-state index contributed by atoms with van der Waals surface area (Å²) in [6.07, 6.45) is 7.60. The average molecular weight is 433 g/mol. The third-order valence-corrected chi connectivity index (χ3v) is 7.73. The number of carbonyl (C=O) groups is 1. The molecule has 2 saturated carbocycles. The predicted molar refractivity (Wildman–Crippen MR) is 123 cm³/mol. The Kier molecular flexibility index (Phi) is 4.54. The van der Waals surface area contributed by atoms with Crippen molar-refractivity contribution in [2.24, 2.45) is 21.8 Å². The fraction of sp³-hybridized carbons (Fsp3) is 0.542. The molecule has 2 aromatic rings. The molecule has 0 N–H and O–H groups in total. The molecule has 8 heteroatoms. The Hall–Kier alpha value is -2.87. The summed E-state index contributed by atoms with van der Waals surface area (Å²) < 4.78 is 4.83. The van der Waals surface area contributed by atoms with Crippen molar-refractivity contribution in [1.29, 1.82) is 0 Å². The smallest absolute Gasteiger partial charge is 0.308 e. The molecule has 2 aliphatic heterocycles. The highest BCUT2D eigenvalue weighted by atomic mass is 16.5. The van der Waals surface area contributed by atoms with Gasteiger partial charge < -0.3 is 9.64 Å². The van der Waals surface area contributed by atoms with Crippen LogP contribution in [0.5, 0.6) is 0 Å². The number of ether oxygens (including phenoxy) is 1. The number of carbonyl (C=O) groups excluding carboxylic acids is 1. The molecule has 0 amide bonds. The molecule has 1 unspecified atom stereocenters. The van der Waals surface area contributed by atoms with Crippen LogP contribution in [0, 0.1) is 11.8 Å². The van der Waals surface area contributed by atoms with E-state index in [1.54, 1.807) is 12.4 Å². The Morgan fingerprint density at radius 1 is 1.19 bits per heavy atom. The van der Waals surface area contributed by atoms with E-state index in [4.69, 9.17) is 14.7 Å². The Bertz CT molecular complexity index is 1130. The van der Waals surface area contributed by atoms with E-state index in [0.29, 0.717) is 11.5 Å². The van der Waals surface area contributed by atoms with Gasteiger partial charge in [-0.25, -0.2) is 4.98 Å². The molecule has 8 nitrogen and oxygen atoms in total. The van der Waals surface area contributed by atoms with Crippen LogP contribution in [-0.2, 0) is 9.53 Å². The van der Waals surface area contributed by atoms with Gasteiger partial charge in [0.1, 0.15) is 17.6 Å². The second kappa shape index (κ2) is 7.33. The molecule has 0 bridgehead atoms. The number of fused-ring (bicyclic) bond motifs is 1. The van der Waals surface area contributed by atoms with Crippen molar-refractivity contribution in [3.8, 4) is 0 Å². The van der Waals surface area contributed by atoms with Crippen LogP contribution in [0.15, 0.2) is 34.4 Å². The van der Waals surface area contributed by atoms with Crippen molar-refractivity contribution in [2.75, 3.05) is 38.7 Å². The average Bonchev–Trinajstić information content (AvgIpc) is 3.39. The van der Waals surface area contributed by atoms with Crippen molar-refractivity contribution < 1.29 is 9.53 Å². The third-order valence-electron chi connectivity index (χ3n) is 7.73. The van der Waals surface area contributed by atoms with Crippen molar-refractivity contribution >= 4 is 34.6 Å². The molecular formula is C24H28N6O2. The third kappa shape index (κ3) is 3.28. The van der Waals surface area contributed by atoms with E-state index in [1.165, 1.54) is 25.6 Å². The Labute approximate surface area is 187 Å². The molecule has 3 fully saturated rings. The van der Waals surface area contributed by atoms with E-state index in [9.17, 15) is 4.79 Å². The number of anilines is 1. The van der Waals surface area contributed by atoms with Gasteiger partial charge >= 0.3 is 5.97 Å². The van der Waals surface area contributed by atoms with E-state index in [0.717, 1.165) is 54.9 Å². The van der Waals surface area contributed by atoms with Gasteiger partial charge in [-0.15, -0.1) is 0 Å². The second-order valence-corrected chi connectivity index (χ2v) is 9.65. The Morgan fingerprint density at radius 2 is 2.03 bits per heavy atom. The van der Waals surface area contributed by atoms with Gasteiger partial charge in [-0.05, 0) is 50.9 Å². The van der Waals surface area contributed by atoms with Crippen molar-refractivity contribution in [3.05, 3.63) is 30.1 Å². The molecule has 1 aromatic carbocycles. The molecule has 1 saturated heterocycles. The highest BCUT2D eigenvalue weighted by Gasteiger charge is 2.49. The lowest BCUT2D eigenvalue weighted by Gasteiger charge is -2.41. The van der Waals surface area contributed by atoms with Gasteiger partial charge in [0.25, 0.3) is 0 Å². The Morgan fingerprint density at radius 3 is 2.81 bits per heavy atom. The van der Waals surface area contributed by atoms with Gasteiger partial charge in [-0.2, -0.15) is 0 Å².